The van der Waals surface area contributed by atoms with Gasteiger partial charge in [-0.1, -0.05) is 24.3 Å². The molecule has 2 aromatic carbocycles. The van der Waals surface area contributed by atoms with Gasteiger partial charge in [0.1, 0.15) is 0 Å². The topological polar surface area (TPSA) is 81.1 Å². The number of anilines is 2. The molecule has 1 aliphatic carbocycles. The number of carbonyl (C=O) groups is 1. The van der Waals surface area contributed by atoms with Crippen LogP contribution in [0.3, 0.4) is 0 Å². The minimum atomic E-state index is -0.443. The quantitative estimate of drug-likeness (QED) is 0.757. The van der Waals surface area contributed by atoms with Gasteiger partial charge in [-0.2, -0.15) is 0 Å². The molecule has 1 amide bonds. The maximum Gasteiger partial charge on any atom is 0.250 e. The predicted molar refractivity (Wildman–Crippen MR) is 85.1 cm³/mol. The van der Waals surface area contributed by atoms with Crippen molar-refractivity contribution in [3.05, 3.63) is 59.2 Å². The molecule has 4 heteroatoms. The van der Waals surface area contributed by atoms with Crippen LogP contribution in [0.1, 0.15) is 40.4 Å². The lowest BCUT2D eigenvalue weighted by Gasteiger charge is -2.28. The second-order valence-electron chi connectivity index (χ2n) is 5.46. The Bertz CT molecular complexity index is 681. The summed E-state index contributed by atoms with van der Waals surface area (Å²) in [6, 6.07) is 13.8. The Morgan fingerprint density at radius 2 is 2.00 bits per heavy atom. The Kier molecular flexibility index (Phi) is 3.52. The van der Waals surface area contributed by atoms with Crippen molar-refractivity contribution in [3.8, 4) is 0 Å². The first-order chi connectivity index (χ1) is 10.1. The van der Waals surface area contributed by atoms with E-state index in [0.717, 1.165) is 19.3 Å². The Balaban J connectivity index is 1.95. The number of carbonyl (C=O) groups excluding carboxylic acids is 1. The first-order valence-electron chi connectivity index (χ1n) is 7.19. The van der Waals surface area contributed by atoms with Crippen LogP contribution in [0.2, 0.25) is 0 Å². The molecule has 0 saturated heterocycles. The lowest BCUT2D eigenvalue weighted by atomic mass is 9.87. The first-order valence-corrected chi connectivity index (χ1v) is 7.19. The van der Waals surface area contributed by atoms with Crippen LogP contribution in [-0.2, 0) is 6.42 Å². The zero-order chi connectivity index (χ0) is 14.8. The number of nitrogens with two attached hydrogens (primary N) is 2. The van der Waals surface area contributed by atoms with Crippen molar-refractivity contribution in [1.82, 2.24) is 0 Å². The van der Waals surface area contributed by atoms with Crippen molar-refractivity contribution in [1.29, 1.82) is 0 Å². The van der Waals surface area contributed by atoms with E-state index in [4.69, 9.17) is 11.5 Å². The second-order valence-corrected chi connectivity index (χ2v) is 5.46. The van der Waals surface area contributed by atoms with Crippen molar-refractivity contribution in [3.63, 3.8) is 0 Å². The van der Waals surface area contributed by atoms with Gasteiger partial charge in [-0.25, -0.2) is 0 Å². The second kappa shape index (κ2) is 5.48. The molecule has 0 aliphatic heterocycles. The third kappa shape index (κ3) is 2.70. The Morgan fingerprint density at radius 3 is 2.81 bits per heavy atom. The maximum absolute atomic E-state index is 11.6. The molecule has 0 spiro atoms. The van der Waals surface area contributed by atoms with Gasteiger partial charge in [0.05, 0.1) is 11.6 Å². The number of hydrogen-bond acceptors (Lipinski definition) is 3. The highest BCUT2D eigenvalue weighted by molar-refractivity contribution is 5.99. The Labute approximate surface area is 124 Å². The molecule has 0 radical (unpaired) electrons. The lowest BCUT2D eigenvalue weighted by molar-refractivity contribution is 0.100. The highest BCUT2D eigenvalue weighted by Crippen LogP contribution is 2.33. The minimum absolute atomic E-state index is 0.190. The van der Waals surface area contributed by atoms with Crippen LogP contribution < -0.4 is 16.8 Å². The van der Waals surface area contributed by atoms with Crippen molar-refractivity contribution >= 4 is 17.3 Å². The highest BCUT2D eigenvalue weighted by atomic mass is 16.1. The van der Waals surface area contributed by atoms with Gasteiger partial charge in [-0.05, 0) is 48.6 Å². The average Bonchev–Trinajstić information content (AvgIpc) is 2.47. The van der Waals surface area contributed by atoms with Gasteiger partial charge in [0, 0.05) is 11.4 Å². The molecule has 0 aromatic heterocycles. The molecule has 0 bridgehead atoms. The van der Waals surface area contributed by atoms with Gasteiger partial charge >= 0.3 is 0 Å². The summed E-state index contributed by atoms with van der Waals surface area (Å²) in [5.74, 6) is -0.443. The van der Waals surface area contributed by atoms with Crippen molar-refractivity contribution < 1.29 is 4.79 Å². The third-order valence-corrected chi connectivity index (χ3v) is 4.01. The van der Waals surface area contributed by atoms with E-state index in [2.05, 4.69) is 23.5 Å². The number of aryl methyl sites for hydroxylation is 1. The van der Waals surface area contributed by atoms with Crippen LogP contribution in [0, 0.1) is 0 Å². The summed E-state index contributed by atoms with van der Waals surface area (Å²) in [6.07, 6.45) is 3.26. The van der Waals surface area contributed by atoms with Crippen LogP contribution in [0.25, 0.3) is 0 Å². The van der Waals surface area contributed by atoms with E-state index in [1.807, 2.05) is 6.07 Å². The maximum atomic E-state index is 11.6. The van der Waals surface area contributed by atoms with Crippen molar-refractivity contribution in [2.24, 2.45) is 5.73 Å². The first kappa shape index (κ1) is 13.5. The molecular formula is C17H19N3O. The zero-order valence-corrected chi connectivity index (χ0v) is 11.8. The number of hydrogen-bond donors (Lipinski definition) is 3. The van der Waals surface area contributed by atoms with Gasteiger partial charge < -0.3 is 16.8 Å². The van der Waals surface area contributed by atoms with E-state index in [0.29, 0.717) is 16.9 Å². The molecule has 0 heterocycles. The monoisotopic (exact) mass is 281 g/mol. The van der Waals surface area contributed by atoms with Gasteiger partial charge in [0.2, 0.25) is 0 Å². The normalized spacial score (nSPS) is 17.0. The summed E-state index contributed by atoms with van der Waals surface area (Å²) in [4.78, 5) is 11.6. The van der Waals surface area contributed by atoms with Crippen molar-refractivity contribution in [2.75, 3.05) is 11.1 Å². The van der Waals surface area contributed by atoms with Crippen LogP contribution in [0.4, 0.5) is 11.4 Å². The van der Waals surface area contributed by atoms with E-state index in [1.165, 1.54) is 11.1 Å². The van der Waals surface area contributed by atoms with Crippen molar-refractivity contribution in [2.45, 2.75) is 25.3 Å². The average molecular weight is 281 g/mol. The Hall–Kier alpha value is -2.49. The van der Waals surface area contributed by atoms with Gasteiger partial charge in [0.15, 0.2) is 0 Å². The van der Waals surface area contributed by atoms with Gasteiger partial charge in [-0.15, -0.1) is 0 Å². The number of benzene rings is 2. The van der Waals surface area contributed by atoms with Crippen LogP contribution >= 0.6 is 0 Å². The zero-order valence-electron chi connectivity index (χ0n) is 11.8. The number of nitrogens with one attached hydrogen (secondary N) is 1. The fourth-order valence-corrected chi connectivity index (χ4v) is 2.99. The van der Waals surface area contributed by atoms with E-state index in [1.54, 1.807) is 18.2 Å². The van der Waals surface area contributed by atoms with Crippen LogP contribution in [0.5, 0.6) is 0 Å². The summed E-state index contributed by atoms with van der Waals surface area (Å²) >= 11 is 0. The molecule has 21 heavy (non-hydrogen) atoms. The van der Waals surface area contributed by atoms with E-state index in [9.17, 15) is 4.79 Å². The van der Waals surface area contributed by atoms with Crippen LogP contribution in [0.15, 0.2) is 42.5 Å². The largest absolute Gasteiger partial charge is 0.399 e. The summed E-state index contributed by atoms with van der Waals surface area (Å²) in [6.45, 7) is 0. The summed E-state index contributed by atoms with van der Waals surface area (Å²) in [5, 5.41) is 3.45. The highest BCUT2D eigenvalue weighted by Gasteiger charge is 2.21. The standard InChI is InChI=1S/C17H19N3O/c18-12-8-9-14(17(19)21)16(10-12)20-15-7-3-5-11-4-1-2-6-13(11)15/h1-2,4,6,8-10,15,20H,3,5,7,18H2,(H2,19,21). The summed E-state index contributed by atoms with van der Waals surface area (Å²) in [5.41, 5.74) is 15.7. The molecule has 3 rings (SSSR count). The molecule has 0 saturated carbocycles. The SMILES string of the molecule is NC(=O)c1ccc(N)cc1NC1CCCc2ccccc21. The molecule has 0 fully saturated rings. The molecular weight excluding hydrogens is 262 g/mol. The molecule has 5 N–H and O–H groups in total. The van der Waals surface area contributed by atoms with E-state index in [-0.39, 0.29) is 6.04 Å². The smallest absolute Gasteiger partial charge is 0.250 e. The molecule has 1 unspecified atom stereocenters. The minimum Gasteiger partial charge on any atom is -0.399 e. The lowest BCUT2D eigenvalue weighted by Crippen LogP contribution is -2.20. The molecule has 108 valence electrons. The molecule has 1 aliphatic rings. The van der Waals surface area contributed by atoms with Gasteiger partial charge in [0.25, 0.3) is 5.91 Å². The number of nitrogen functional groups attached to an aromatic ring is 1. The molecule has 2 aromatic rings. The number of fused-ring (bicyclic) bond motifs is 1. The van der Waals surface area contributed by atoms with Gasteiger partial charge in [-0.3, -0.25) is 4.79 Å². The summed E-state index contributed by atoms with van der Waals surface area (Å²) < 4.78 is 0. The molecule has 4 nitrogen and oxygen atoms in total. The number of rotatable bonds is 3. The molecule has 1 atom stereocenters. The van der Waals surface area contributed by atoms with E-state index < -0.39 is 5.91 Å². The van der Waals surface area contributed by atoms with Crippen LogP contribution in [-0.4, -0.2) is 5.91 Å². The van der Waals surface area contributed by atoms with E-state index >= 15 is 0 Å². The predicted octanol–water partition coefficient (Wildman–Crippen LogP) is 2.86. The summed E-state index contributed by atoms with van der Waals surface area (Å²) in [7, 11) is 0. The number of amides is 1. The Morgan fingerprint density at radius 1 is 1.19 bits per heavy atom. The number of primary amides is 1. The fraction of sp³-hybridized carbons (Fsp3) is 0.235. The third-order valence-electron chi connectivity index (χ3n) is 4.01. The fourth-order valence-electron chi connectivity index (χ4n) is 2.99.